The molecule has 0 atom stereocenters. The lowest BCUT2D eigenvalue weighted by Crippen LogP contribution is -2.14. The monoisotopic (exact) mass is 378 g/mol. The lowest BCUT2D eigenvalue weighted by atomic mass is 10.2. The number of nitrogens with zero attached hydrogens (tertiary/aromatic N) is 2. The summed E-state index contributed by atoms with van der Waals surface area (Å²) in [5.74, 6) is 0.197. The van der Waals surface area contributed by atoms with E-state index in [1.54, 1.807) is 29.1 Å². The first-order chi connectivity index (χ1) is 13.5. The smallest absolute Gasteiger partial charge is 0.224 e. The number of carbonyl (C=O) groups is 2. The van der Waals surface area contributed by atoms with E-state index in [-0.39, 0.29) is 11.8 Å². The highest BCUT2D eigenvalue weighted by Crippen LogP contribution is 2.28. The molecule has 2 amide bonds. The first kappa shape index (κ1) is 19.2. The van der Waals surface area contributed by atoms with Crippen LogP contribution in [0.25, 0.3) is 5.69 Å². The van der Waals surface area contributed by atoms with Crippen LogP contribution in [0.2, 0.25) is 0 Å². The van der Waals surface area contributed by atoms with Gasteiger partial charge in [0, 0.05) is 25.2 Å². The maximum atomic E-state index is 12.4. The number of benzene rings is 2. The van der Waals surface area contributed by atoms with E-state index < -0.39 is 0 Å². The van der Waals surface area contributed by atoms with Crippen LogP contribution in [0, 0.1) is 0 Å². The lowest BCUT2D eigenvalue weighted by Gasteiger charge is -2.12. The van der Waals surface area contributed by atoms with Gasteiger partial charge in [-0.05, 0) is 42.3 Å². The van der Waals surface area contributed by atoms with Gasteiger partial charge in [0.25, 0.3) is 0 Å². The number of methoxy groups -OCH3 is 1. The molecule has 144 valence electrons. The summed E-state index contributed by atoms with van der Waals surface area (Å²) in [5, 5.41) is 9.87. The molecule has 3 rings (SSSR count). The molecule has 0 saturated carbocycles. The number of para-hydroxylation sites is 1. The van der Waals surface area contributed by atoms with Crippen LogP contribution in [0.1, 0.15) is 18.9 Å². The molecule has 1 heterocycles. The molecule has 7 nitrogen and oxygen atoms in total. The SMILES string of the molecule is COc1ccc(NC(C)=O)cc1NC(=O)CCc1cnn(-c2ccccc2)c1. The number of hydrogen-bond donors (Lipinski definition) is 2. The van der Waals surface area contributed by atoms with E-state index >= 15 is 0 Å². The number of ether oxygens (including phenoxy) is 1. The quantitative estimate of drug-likeness (QED) is 0.660. The van der Waals surface area contributed by atoms with Crippen LogP contribution >= 0.6 is 0 Å². The molecular formula is C21H22N4O3. The summed E-state index contributed by atoms with van der Waals surface area (Å²) in [6.45, 7) is 1.43. The predicted octanol–water partition coefficient (Wildman–Crippen LogP) is 3.41. The zero-order valence-electron chi connectivity index (χ0n) is 15.8. The molecule has 1 aromatic heterocycles. The van der Waals surface area contributed by atoms with Crippen LogP contribution in [-0.4, -0.2) is 28.7 Å². The van der Waals surface area contributed by atoms with Crippen molar-refractivity contribution < 1.29 is 14.3 Å². The molecule has 0 saturated heterocycles. The van der Waals surface area contributed by atoms with Gasteiger partial charge >= 0.3 is 0 Å². The van der Waals surface area contributed by atoms with Gasteiger partial charge in [0.1, 0.15) is 5.75 Å². The Hall–Kier alpha value is -3.61. The highest BCUT2D eigenvalue weighted by atomic mass is 16.5. The Morgan fingerprint density at radius 3 is 2.61 bits per heavy atom. The molecule has 0 unspecified atom stereocenters. The average Bonchev–Trinajstić information content (AvgIpc) is 3.16. The first-order valence-corrected chi connectivity index (χ1v) is 8.89. The summed E-state index contributed by atoms with van der Waals surface area (Å²) >= 11 is 0. The van der Waals surface area contributed by atoms with Crippen molar-refractivity contribution in [1.82, 2.24) is 9.78 Å². The van der Waals surface area contributed by atoms with Gasteiger partial charge in [-0.2, -0.15) is 5.10 Å². The molecular weight excluding hydrogens is 356 g/mol. The van der Waals surface area contributed by atoms with Crippen LogP contribution in [0.5, 0.6) is 5.75 Å². The Morgan fingerprint density at radius 2 is 1.89 bits per heavy atom. The first-order valence-electron chi connectivity index (χ1n) is 8.89. The van der Waals surface area contributed by atoms with Crippen molar-refractivity contribution >= 4 is 23.2 Å². The second kappa shape index (κ2) is 8.85. The third kappa shape index (κ3) is 4.97. The molecule has 0 aliphatic carbocycles. The fourth-order valence-electron chi connectivity index (χ4n) is 2.77. The van der Waals surface area contributed by atoms with Crippen LogP contribution < -0.4 is 15.4 Å². The molecule has 3 aromatic rings. The molecule has 28 heavy (non-hydrogen) atoms. The molecule has 0 spiro atoms. The van der Waals surface area contributed by atoms with Crippen molar-refractivity contribution in [3.8, 4) is 11.4 Å². The predicted molar refractivity (Wildman–Crippen MR) is 108 cm³/mol. The van der Waals surface area contributed by atoms with Crippen molar-refractivity contribution in [3.05, 3.63) is 66.5 Å². The molecule has 2 aromatic carbocycles. The van der Waals surface area contributed by atoms with E-state index in [1.807, 2.05) is 36.5 Å². The van der Waals surface area contributed by atoms with Crippen molar-refractivity contribution in [2.75, 3.05) is 17.7 Å². The van der Waals surface area contributed by atoms with E-state index in [1.165, 1.54) is 14.0 Å². The number of hydrogen-bond acceptors (Lipinski definition) is 4. The Kier molecular flexibility index (Phi) is 6.06. The zero-order chi connectivity index (χ0) is 19.9. The van der Waals surface area contributed by atoms with E-state index in [4.69, 9.17) is 4.74 Å². The number of aromatic nitrogens is 2. The summed E-state index contributed by atoms with van der Waals surface area (Å²) in [6.07, 6.45) is 4.54. The molecule has 0 aliphatic heterocycles. The van der Waals surface area contributed by atoms with Crippen LogP contribution in [0.3, 0.4) is 0 Å². The Labute approximate surface area is 163 Å². The summed E-state index contributed by atoms with van der Waals surface area (Å²) in [4.78, 5) is 23.6. The van der Waals surface area contributed by atoms with Gasteiger partial charge in [0.05, 0.1) is 24.7 Å². The summed E-state index contributed by atoms with van der Waals surface area (Å²) in [7, 11) is 1.53. The summed E-state index contributed by atoms with van der Waals surface area (Å²) < 4.78 is 7.07. The van der Waals surface area contributed by atoms with Crippen molar-refractivity contribution in [3.63, 3.8) is 0 Å². The van der Waals surface area contributed by atoms with Gasteiger partial charge in [0.15, 0.2) is 0 Å². The number of nitrogens with one attached hydrogen (secondary N) is 2. The lowest BCUT2D eigenvalue weighted by molar-refractivity contribution is -0.116. The molecule has 0 bridgehead atoms. The fourth-order valence-corrected chi connectivity index (χ4v) is 2.77. The number of amides is 2. The normalized spacial score (nSPS) is 10.4. The van der Waals surface area contributed by atoms with Crippen LogP contribution in [-0.2, 0) is 16.0 Å². The van der Waals surface area contributed by atoms with Gasteiger partial charge in [0.2, 0.25) is 11.8 Å². The minimum absolute atomic E-state index is 0.147. The summed E-state index contributed by atoms with van der Waals surface area (Å²) in [5.41, 5.74) is 3.04. The summed E-state index contributed by atoms with van der Waals surface area (Å²) in [6, 6.07) is 14.9. The van der Waals surface area contributed by atoms with Crippen molar-refractivity contribution in [2.45, 2.75) is 19.8 Å². The zero-order valence-corrected chi connectivity index (χ0v) is 15.8. The average molecular weight is 378 g/mol. The fraction of sp³-hybridized carbons (Fsp3) is 0.190. The van der Waals surface area contributed by atoms with Crippen LogP contribution in [0.4, 0.5) is 11.4 Å². The number of anilines is 2. The maximum Gasteiger partial charge on any atom is 0.224 e. The molecule has 0 fully saturated rings. The second-order valence-electron chi connectivity index (χ2n) is 6.27. The standard InChI is InChI=1S/C21H22N4O3/c1-15(26)23-17-9-10-20(28-2)19(12-17)24-21(27)11-8-16-13-22-25(14-16)18-6-4-3-5-7-18/h3-7,9-10,12-14H,8,11H2,1-2H3,(H,23,26)(H,24,27). The molecule has 2 N–H and O–H groups in total. The van der Waals surface area contributed by atoms with Gasteiger partial charge in [-0.1, -0.05) is 18.2 Å². The topological polar surface area (TPSA) is 85.2 Å². The van der Waals surface area contributed by atoms with Crippen molar-refractivity contribution in [1.29, 1.82) is 0 Å². The Balaban J connectivity index is 1.61. The minimum atomic E-state index is -0.183. The number of aryl methyl sites for hydroxylation is 1. The van der Waals surface area contributed by atoms with Gasteiger partial charge < -0.3 is 15.4 Å². The minimum Gasteiger partial charge on any atom is -0.495 e. The third-order valence-corrected chi connectivity index (χ3v) is 4.09. The highest BCUT2D eigenvalue weighted by molar-refractivity contribution is 5.95. The van der Waals surface area contributed by atoms with E-state index in [0.29, 0.717) is 30.0 Å². The van der Waals surface area contributed by atoms with E-state index in [0.717, 1.165) is 11.3 Å². The van der Waals surface area contributed by atoms with E-state index in [9.17, 15) is 9.59 Å². The van der Waals surface area contributed by atoms with Gasteiger partial charge in [-0.15, -0.1) is 0 Å². The largest absolute Gasteiger partial charge is 0.495 e. The molecule has 0 aliphatic rings. The van der Waals surface area contributed by atoms with Gasteiger partial charge in [-0.3, -0.25) is 9.59 Å². The van der Waals surface area contributed by atoms with Crippen molar-refractivity contribution in [2.24, 2.45) is 0 Å². The molecule has 0 radical (unpaired) electrons. The third-order valence-electron chi connectivity index (χ3n) is 4.09. The molecule has 7 heteroatoms. The second-order valence-corrected chi connectivity index (χ2v) is 6.27. The van der Waals surface area contributed by atoms with Gasteiger partial charge in [-0.25, -0.2) is 4.68 Å². The van der Waals surface area contributed by atoms with E-state index in [2.05, 4.69) is 15.7 Å². The number of rotatable bonds is 7. The highest BCUT2D eigenvalue weighted by Gasteiger charge is 2.10. The maximum absolute atomic E-state index is 12.4. The number of carbonyl (C=O) groups excluding carboxylic acids is 2. The van der Waals surface area contributed by atoms with Crippen LogP contribution in [0.15, 0.2) is 60.9 Å². The Morgan fingerprint density at radius 1 is 1.11 bits per heavy atom. The Bertz CT molecular complexity index is 967.